The molecule has 0 saturated heterocycles. The van der Waals surface area contributed by atoms with Crippen LogP contribution in [0.25, 0.3) is 27.8 Å². The van der Waals surface area contributed by atoms with Gasteiger partial charge in [-0.3, -0.25) is 0 Å². The Balaban J connectivity index is 1.48. The fourth-order valence-electron chi connectivity index (χ4n) is 5.12. The van der Waals surface area contributed by atoms with E-state index in [1.807, 2.05) is 30.3 Å². The number of aryl methyl sites for hydroxylation is 1. The third-order valence-corrected chi connectivity index (χ3v) is 7.35. The SMILES string of the molecule is C=CCCC1CC=C(c2ccc(-c3ccc(-c4ccc(CCCCC)c(F)c4F)cc3)cc2F)CC1. The molecule has 4 rings (SSSR count). The summed E-state index contributed by atoms with van der Waals surface area (Å²) in [6.45, 7) is 5.88. The van der Waals surface area contributed by atoms with Crippen LogP contribution >= 0.6 is 0 Å². The van der Waals surface area contributed by atoms with E-state index < -0.39 is 11.6 Å². The molecule has 0 radical (unpaired) electrons. The number of hydrogen-bond acceptors (Lipinski definition) is 0. The van der Waals surface area contributed by atoms with E-state index in [2.05, 4.69) is 19.6 Å². The molecule has 36 heavy (non-hydrogen) atoms. The zero-order valence-electron chi connectivity index (χ0n) is 21.1. The molecule has 0 fully saturated rings. The first-order valence-electron chi connectivity index (χ1n) is 13.2. The second-order valence-corrected chi connectivity index (χ2v) is 9.87. The van der Waals surface area contributed by atoms with Gasteiger partial charge in [-0.1, -0.05) is 80.4 Å². The maximum atomic E-state index is 15.1. The summed E-state index contributed by atoms with van der Waals surface area (Å²) in [7, 11) is 0. The van der Waals surface area contributed by atoms with Crippen LogP contribution in [0.15, 0.2) is 73.3 Å². The van der Waals surface area contributed by atoms with Gasteiger partial charge in [-0.25, -0.2) is 13.2 Å². The van der Waals surface area contributed by atoms with E-state index in [0.717, 1.165) is 68.1 Å². The highest BCUT2D eigenvalue weighted by molar-refractivity contribution is 5.74. The molecule has 0 nitrogen and oxygen atoms in total. The Bertz CT molecular complexity index is 1220. The topological polar surface area (TPSA) is 0 Å². The lowest BCUT2D eigenvalue weighted by atomic mass is 9.84. The molecule has 1 atom stereocenters. The van der Waals surface area contributed by atoms with Gasteiger partial charge in [-0.15, -0.1) is 6.58 Å². The molecule has 0 heterocycles. The molecule has 0 amide bonds. The first-order valence-corrected chi connectivity index (χ1v) is 13.2. The van der Waals surface area contributed by atoms with Crippen molar-refractivity contribution in [2.24, 2.45) is 5.92 Å². The predicted molar refractivity (Wildman–Crippen MR) is 145 cm³/mol. The highest BCUT2D eigenvalue weighted by atomic mass is 19.2. The average Bonchev–Trinajstić information content (AvgIpc) is 2.90. The third kappa shape index (κ3) is 6.00. The van der Waals surface area contributed by atoms with Crippen LogP contribution < -0.4 is 0 Å². The lowest BCUT2D eigenvalue weighted by Crippen LogP contribution is -2.06. The van der Waals surface area contributed by atoms with Crippen molar-refractivity contribution in [3.8, 4) is 22.3 Å². The van der Waals surface area contributed by atoms with Gasteiger partial charge in [0.2, 0.25) is 0 Å². The Kier molecular flexibility index (Phi) is 8.85. The summed E-state index contributed by atoms with van der Waals surface area (Å²) >= 11 is 0. The van der Waals surface area contributed by atoms with E-state index in [1.165, 1.54) is 0 Å². The number of allylic oxidation sites excluding steroid dienone is 3. The number of hydrogen-bond donors (Lipinski definition) is 0. The van der Waals surface area contributed by atoms with Crippen LogP contribution in [0.1, 0.15) is 69.4 Å². The molecule has 0 spiro atoms. The molecule has 0 aliphatic heterocycles. The van der Waals surface area contributed by atoms with E-state index in [4.69, 9.17) is 0 Å². The monoisotopic (exact) mass is 488 g/mol. The second kappa shape index (κ2) is 12.3. The summed E-state index contributed by atoms with van der Waals surface area (Å²) < 4.78 is 44.5. The standard InChI is InChI=1S/C33H35F3/c1-3-5-7-9-27-18-21-30(33(36)32(27)35)26-16-14-24(15-17-26)28-19-20-29(31(34)22-28)25-12-10-23(11-13-25)8-6-4-2/h4,12,14-23H,2-3,5-11,13H2,1H3. The summed E-state index contributed by atoms with van der Waals surface area (Å²) in [4.78, 5) is 0. The van der Waals surface area contributed by atoms with Crippen molar-refractivity contribution in [2.45, 2.75) is 64.7 Å². The first-order chi connectivity index (χ1) is 17.5. The van der Waals surface area contributed by atoms with Gasteiger partial charge in [0.1, 0.15) is 5.82 Å². The van der Waals surface area contributed by atoms with Crippen molar-refractivity contribution in [1.29, 1.82) is 0 Å². The van der Waals surface area contributed by atoms with Gasteiger partial charge < -0.3 is 0 Å². The van der Waals surface area contributed by atoms with Crippen molar-refractivity contribution in [3.05, 3.63) is 102 Å². The molecular weight excluding hydrogens is 453 g/mol. The van der Waals surface area contributed by atoms with Gasteiger partial charge in [-0.2, -0.15) is 0 Å². The fraction of sp³-hybridized carbons (Fsp3) is 0.333. The maximum Gasteiger partial charge on any atom is 0.166 e. The van der Waals surface area contributed by atoms with Crippen molar-refractivity contribution >= 4 is 5.57 Å². The molecule has 0 N–H and O–H groups in total. The van der Waals surface area contributed by atoms with Gasteiger partial charge in [0.25, 0.3) is 0 Å². The average molecular weight is 489 g/mol. The smallest absolute Gasteiger partial charge is 0.166 e. The molecular formula is C33H35F3. The summed E-state index contributed by atoms with van der Waals surface area (Å²) in [5.74, 6) is -1.13. The Labute approximate surface area is 213 Å². The molecule has 3 aromatic rings. The molecule has 0 saturated carbocycles. The van der Waals surface area contributed by atoms with Crippen LogP contribution in [-0.4, -0.2) is 0 Å². The summed E-state index contributed by atoms with van der Waals surface area (Å²) in [6, 6.07) is 15.9. The normalized spacial score (nSPS) is 15.6. The van der Waals surface area contributed by atoms with Crippen LogP contribution in [0.4, 0.5) is 13.2 Å². The van der Waals surface area contributed by atoms with Crippen LogP contribution in [0.2, 0.25) is 0 Å². The third-order valence-electron chi connectivity index (χ3n) is 7.35. The number of unbranched alkanes of at least 4 members (excludes halogenated alkanes) is 2. The minimum Gasteiger partial charge on any atom is -0.206 e. The van der Waals surface area contributed by atoms with E-state index in [9.17, 15) is 8.78 Å². The van der Waals surface area contributed by atoms with Gasteiger partial charge in [-0.05, 0) is 84.8 Å². The summed E-state index contributed by atoms with van der Waals surface area (Å²) in [6.07, 6.45) is 12.7. The Hall–Kier alpha value is -3.07. The predicted octanol–water partition coefficient (Wildman–Crippen LogP) is 10.3. The summed E-state index contributed by atoms with van der Waals surface area (Å²) in [5, 5.41) is 0. The van der Waals surface area contributed by atoms with Crippen LogP contribution in [0.5, 0.6) is 0 Å². The molecule has 1 aliphatic carbocycles. The Morgan fingerprint density at radius 3 is 2.25 bits per heavy atom. The zero-order valence-corrected chi connectivity index (χ0v) is 21.1. The molecule has 3 aromatic carbocycles. The highest BCUT2D eigenvalue weighted by Crippen LogP contribution is 2.35. The number of benzene rings is 3. The van der Waals surface area contributed by atoms with Gasteiger partial charge in [0, 0.05) is 11.1 Å². The van der Waals surface area contributed by atoms with Gasteiger partial charge in [0.15, 0.2) is 11.6 Å². The quantitative estimate of drug-likeness (QED) is 0.197. The molecule has 1 aliphatic rings. The van der Waals surface area contributed by atoms with Crippen molar-refractivity contribution in [2.75, 3.05) is 0 Å². The lowest BCUT2D eigenvalue weighted by Gasteiger charge is -2.22. The summed E-state index contributed by atoms with van der Waals surface area (Å²) in [5.41, 5.74) is 4.64. The van der Waals surface area contributed by atoms with Gasteiger partial charge >= 0.3 is 0 Å². The number of rotatable bonds is 10. The molecule has 188 valence electrons. The Morgan fingerprint density at radius 1 is 0.861 bits per heavy atom. The molecule has 0 bridgehead atoms. The largest absolute Gasteiger partial charge is 0.206 e. The second-order valence-electron chi connectivity index (χ2n) is 9.87. The van der Waals surface area contributed by atoms with Crippen molar-refractivity contribution in [3.63, 3.8) is 0 Å². The Morgan fingerprint density at radius 2 is 1.58 bits per heavy atom. The zero-order chi connectivity index (χ0) is 25.5. The fourth-order valence-corrected chi connectivity index (χ4v) is 5.12. The van der Waals surface area contributed by atoms with Crippen LogP contribution in [0.3, 0.4) is 0 Å². The maximum absolute atomic E-state index is 15.1. The van der Waals surface area contributed by atoms with Crippen molar-refractivity contribution in [1.82, 2.24) is 0 Å². The van der Waals surface area contributed by atoms with E-state index >= 15 is 4.39 Å². The minimum absolute atomic E-state index is 0.223. The molecule has 3 heteroatoms. The van der Waals surface area contributed by atoms with E-state index in [-0.39, 0.29) is 11.4 Å². The van der Waals surface area contributed by atoms with Gasteiger partial charge in [0.05, 0.1) is 0 Å². The van der Waals surface area contributed by atoms with E-state index in [0.29, 0.717) is 29.0 Å². The lowest BCUT2D eigenvalue weighted by molar-refractivity contribution is 0.453. The first kappa shape index (κ1) is 26.0. The highest BCUT2D eigenvalue weighted by Gasteiger charge is 2.18. The molecule has 1 unspecified atom stereocenters. The van der Waals surface area contributed by atoms with E-state index in [1.54, 1.807) is 30.3 Å². The number of halogens is 3. The van der Waals surface area contributed by atoms with Crippen LogP contribution in [0, 0.1) is 23.4 Å². The minimum atomic E-state index is -0.806. The van der Waals surface area contributed by atoms with Crippen LogP contribution in [-0.2, 0) is 6.42 Å². The van der Waals surface area contributed by atoms with Crippen molar-refractivity contribution < 1.29 is 13.2 Å². The molecule has 0 aromatic heterocycles.